The molecule has 0 aliphatic carbocycles. The Bertz CT molecular complexity index is 363. The van der Waals surface area contributed by atoms with Gasteiger partial charge in [0.25, 0.3) is 0 Å². The summed E-state index contributed by atoms with van der Waals surface area (Å²) in [5.41, 5.74) is 3.97. The van der Waals surface area contributed by atoms with Crippen molar-refractivity contribution in [2.75, 3.05) is 0 Å². The number of hydrogen-bond acceptors (Lipinski definition) is 2. The van der Waals surface area contributed by atoms with E-state index in [0.717, 1.165) is 15.8 Å². The van der Waals surface area contributed by atoms with Crippen molar-refractivity contribution < 1.29 is 0 Å². The quantitative estimate of drug-likeness (QED) is 0.722. The summed E-state index contributed by atoms with van der Waals surface area (Å²) in [6.45, 7) is 2.03. The summed E-state index contributed by atoms with van der Waals surface area (Å²) in [6, 6.07) is 0. The van der Waals surface area contributed by atoms with Crippen molar-refractivity contribution in [3.63, 3.8) is 0 Å². The molecular formula is C6H5BrN2S. The number of aryl methyl sites for hydroxylation is 1. The second-order valence-corrected chi connectivity index (χ2v) is 3.74. The first-order chi connectivity index (χ1) is 4.79. The molecule has 2 rings (SSSR count). The molecule has 0 amide bonds. The highest BCUT2D eigenvalue weighted by Gasteiger charge is 2.06. The van der Waals surface area contributed by atoms with Crippen molar-refractivity contribution in [1.29, 1.82) is 0 Å². The van der Waals surface area contributed by atoms with Crippen LogP contribution in [0.4, 0.5) is 0 Å². The van der Waals surface area contributed by atoms with Crippen molar-refractivity contribution >= 4 is 37.6 Å². The molecule has 0 atom stereocenters. The summed E-state index contributed by atoms with van der Waals surface area (Å²) in [7, 11) is 0. The van der Waals surface area contributed by atoms with E-state index in [9.17, 15) is 0 Å². The van der Waals surface area contributed by atoms with Gasteiger partial charge in [0.05, 0.1) is 14.7 Å². The Morgan fingerprint density at radius 3 is 3.20 bits per heavy atom. The molecule has 0 saturated carbocycles. The van der Waals surface area contributed by atoms with Crippen molar-refractivity contribution in [2.24, 2.45) is 0 Å². The van der Waals surface area contributed by atoms with E-state index < -0.39 is 0 Å². The van der Waals surface area contributed by atoms with Crippen molar-refractivity contribution in [3.05, 3.63) is 15.7 Å². The third-order valence-electron chi connectivity index (χ3n) is 1.40. The fourth-order valence-corrected chi connectivity index (χ4v) is 2.20. The van der Waals surface area contributed by atoms with E-state index in [0.29, 0.717) is 0 Å². The molecule has 0 aliphatic rings. The van der Waals surface area contributed by atoms with Crippen LogP contribution in [-0.4, -0.2) is 9.97 Å². The van der Waals surface area contributed by atoms with E-state index >= 15 is 0 Å². The third-order valence-corrected chi connectivity index (χ3v) is 3.50. The fraction of sp³-hybridized carbons (Fsp3) is 0.167. The molecule has 0 bridgehead atoms. The molecule has 2 heterocycles. The highest BCUT2D eigenvalue weighted by atomic mass is 79.9. The maximum atomic E-state index is 4.13. The lowest BCUT2D eigenvalue weighted by atomic mass is 10.5. The minimum Gasteiger partial charge on any atom is -0.342 e. The van der Waals surface area contributed by atoms with Gasteiger partial charge >= 0.3 is 0 Å². The molecule has 10 heavy (non-hydrogen) atoms. The van der Waals surface area contributed by atoms with Crippen LogP contribution in [0.2, 0.25) is 0 Å². The van der Waals surface area contributed by atoms with Gasteiger partial charge in [-0.05, 0) is 22.9 Å². The Morgan fingerprint density at radius 1 is 1.70 bits per heavy atom. The van der Waals surface area contributed by atoms with Crippen LogP contribution in [0.5, 0.6) is 0 Å². The number of rotatable bonds is 0. The third kappa shape index (κ3) is 0.722. The lowest BCUT2D eigenvalue weighted by molar-refractivity contribution is 1.25. The second-order valence-electron chi connectivity index (χ2n) is 2.09. The van der Waals surface area contributed by atoms with Crippen LogP contribution in [0.3, 0.4) is 0 Å². The lowest BCUT2D eigenvalue weighted by Crippen LogP contribution is -1.68. The minimum absolute atomic E-state index is 0.981. The molecule has 4 heteroatoms. The van der Waals surface area contributed by atoms with Crippen LogP contribution in [-0.2, 0) is 0 Å². The number of aromatic amines is 1. The van der Waals surface area contributed by atoms with Gasteiger partial charge in [0.2, 0.25) is 0 Å². The van der Waals surface area contributed by atoms with Gasteiger partial charge in [-0.1, -0.05) is 0 Å². The zero-order valence-corrected chi connectivity index (χ0v) is 7.71. The minimum atomic E-state index is 0.981. The van der Waals surface area contributed by atoms with Gasteiger partial charge in [0, 0.05) is 5.69 Å². The van der Waals surface area contributed by atoms with Gasteiger partial charge < -0.3 is 4.98 Å². The molecule has 2 nitrogen and oxygen atoms in total. The van der Waals surface area contributed by atoms with Crippen molar-refractivity contribution in [2.45, 2.75) is 6.92 Å². The predicted molar refractivity (Wildman–Crippen MR) is 46.4 cm³/mol. The first-order valence-electron chi connectivity index (χ1n) is 2.86. The van der Waals surface area contributed by atoms with E-state index in [2.05, 4.69) is 25.9 Å². The molecule has 0 spiro atoms. The zero-order chi connectivity index (χ0) is 7.14. The molecule has 0 radical (unpaired) electrons. The van der Waals surface area contributed by atoms with E-state index in [4.69, 9.17) is 0 Å². The fourth-order valence-electron chi connectivity index (χ4n) is 0.894. The van der Waals surface area contributed by atoms with Crippen molar-refractivity contribution in [1.82, 2.24) is 9.97 Å². The molecular weight excluding hydrogens is 212 g/mol. The lowest BCUT2D eigenvalue weighted by Gasteiger charge is -1.81. The number of aromatic nitrogens is 2. The molecule has 0 unspecified atom stereocenters. The maximum absolute atomic E-state index is 4.13. The topological polar surface area (TPSA) is 28.7 Å². The highest BCUT2D eigenvalue weighted by Crippen LogP contribution is 2.29. The van der Waals surface area contributed by atoms with Gasteiger partial charge in [-0.15, -0.1) is 11.3 Å². The van der Waals surface area contributed by atoms with Crippen LogP contribution < -0.4 is 0 Å². The summed E-state index contributed by atoms with van der Waals surface area (Å²) < 4.78 is 2.35. The number of H-pyrrole nitrogens is 1. The average molecular weight is 217 g/mol. The van der Waals surface area contributed by atoms with Gasteiger partial charge in [-0.3, -0.25) is 0 Å². The maximum Gasteiger partial charge on any atom is 0.149 e. The Balaban J connectivity index is 2.95. The number of nitrogens with zero attached hydrogens (tertiary/aromatic N) is 1. The van der Waals surface area contributed by atoms with E-state index in [1.165, 1.54) is 4.70 Å². The van der Waals surface area contributed by atoms with Crippen LogP contribution in [0.1, 0.15) is 5.69 Å². The summed E-state index contributed by atoms with van der Waals surface area (Å²) in [5.74, 6) is 0. The summed E-state index contributed by atoms with van der Waals surface area (Å²) in [4.78, 5) is 7.29. The van der Waals surface area contributed by atoms with Gasteiger partial charge in [0.1, 0.15) is 5.65 Å². The Morgan fingerprint density at radius 2 is 2.50 bits per heavy atom. The Hall–Kier alpha value is -0.350. The van der Waals surface area contributed by atoms with Crippen LogP contribution in [0.15, 0.2) is 9.98 Å². The molecule has 2 aromatic rings. The van der Waals surface area contributed by atoms with Gasteiger partial charge in [-0.25, -0.2) is 4.98 Å². The van der Waals surface area contributed by atoms with Crippen LogP contribution in [0.25, 0.3) is 10.3 Å². The van der Waals surface area contributed by atoms with E-state index in [-0.39, 0.29) is 0 Å². The van der Waals surface area contributed by atoms with Crippen LogP contribution in [0, 0.1) is 6.92 Å². The SMILES string of the molecule is Cc1[nH]c2ncsc2c1Br. The number of hydrogen-bond donors (Lipinski definition) is 1. The molecule has 0 aliphatic heterocycles. The normalized spacial score (nSPS) is 11.0. The summed E-state index contributed by atoms with van der Waals surface area (Å²) in [6.07, 6.45) is 0. The molecule has 2 aromatic heterocycles. The molecule has 1 N–H and O–H groups in total. The summed E-state index contributed by atoms with van der Waals surface area (Å²) in [5, 5.41) is 0. The number of thiazole rings is 1. The molecule has 52 valence electrons. The average Bonchev–Trinajstić information content (AvgIpc) is 2.41. The number of nitrogens with one attached hydrogen (secondary N) is 1. The Labute approximate surface area is 70.4 Å². The van der Waals surface area contributed by atoms with Crippen LogP contribution >= 0.6 is 27.3 Å². The second kappa shape index (κ2) is 2.07. The Kier molecular flexibility index (Phi) is 1.32. The smallest absolute Gasteiger partial charge is 0.149 e. The first-order valence-corrected chi connectivity index (χ1v) is 4.53. The van der Waals surface area contributed by atoms with Gasteiger partial charge in [-0.2, -0.15) is 0 Å². The highest BCUT2D eigenvalue weighted by molar-refractivity contribution is 9.10. The molecule has 0 saturated heterocycles. The predicted octanol–water partition coefficient (Wildman–Crippen LogP) is 2.70. The molecule has 0 fully saturated rings. The zero-order valence-electron chi connectivity index (χ0n) is 5.31. The van der Waals surface area contributed by atoms with E-state index in [1.54, 1.807) is 11.3 Å². The summed E-state index contributed by atoms with van der Waals surface area (Å²) >= 11 is 5.11. The monoisotopic (exact) mass is 216 g/mol. The van der Waals surface area contributed by atoms with Crippen molar-refractivity contribution in [3.8, 4) is 0 Å². The first kappa shape index (κ1) is 6.37. The van der Waals surface area contributed by atoms with E-state index in [1.807, 2.05) is 12.4 Å². The molecule has 0 aromatic carbocycles. The largest absolute Gasteiger partial charge is 0.342 e. The number of fused-ring (bicyclic) bond motifs is 1. The standard InChI is InChI=1S/C6H5BrN2S/c1-3-4(7)5-6(9-3)8-2-10-5/h2,9H,1H3. The van der Waals surface area contributed by atoms with Gasteiger partial charge in [0.15, 0.2) is 0 Å². The number of halogens is 1.